The zero-order valence-corrected chi connectivity index (χ0v) is 17.1. The predicted octanol–water partition coefficient (Wildman–Crippen LogP) is 4.69. The highest BCUT2D eigenvalue weighted by Gasteiger charge is 2.13. The molecule has 4 aromatic heterocycles. The molecule has 0 aliphatic rings. The lowest BCUT2D eigenvalue weighted by molar-refractivity contribution is -0.116. The maximum absolute atomic E-state index is 11.8. The maximum atomic E-state index is 11.8. The van der Waals surface area contributed by atoms with E-state index >= 15 is 0 Å². The highest BCUT2D eigenvalue weighted by molar-refractivity contribution is 6.03. The number of H-pyrrole nitrogens is 1. The summed E-state index contributed by atoms with van der Waals surface area (Å²) in [5.74, 6) is -0.416. The molecule has 0 unspecified atom stereocenters. The van der Waals surface area contributed by atoms with Crippen molar-refractivity contribution in [3.8, 4) is 28.3 Å². The molecule has 4 heterocycles. The Balaban J connectivity index is 1.60. The second-order valence-corrected chi connectivity index (χ2v) is 7.19. The van der Waals surface area contributed by atoms with Crippen molar-refractivity contribution in [1.29, 1.82) is 5.26 Å². The second kappa shape index (κ2) is 7.85. The number of benzene rings is 1. The van der Waals surface area contributed by atoms with Gasteiger partial charge in [0.1, 0.15) is 17.3 Å². The minimum atomic E-state index is -0.416. The summed E-state index contributed by atoms with van der Waals surface area (Å²) in [6.07, 6.45) is 8.67. The molecular formula is C25H17N5O2. The summed E-state index contributed by atoms with van der Waals surface area (Å²) in [6, 6.07) is 15.5. The molecule has 32 heavy (non-hydrogen) atoms. The lowest BCUT2D eigenvalue weighted by Gasteiger charge is -2.06. The summed E-state index contributed by atoms with van der Waals surface area (Å²) in [5, 5.41) is 13.6. The van der Waals surface area contributed by atoms with Crippen LogP contribution >= 0.6 is 0 Å². The minimum Gasteiger partial charge on any atom is -0.446 e. The van der Waals surface area contributed by atoms with Gasteiger partial charge in [0.25, 0.3) is 5.91 Å². The van der Waals surface area contributed by atoms with Gasteiger partial charge in [-0.05, 0) is 47.0 Å². The van der Waals surface area contributed by atoms with E-state index in [1.807, 2.05) is 48.7 Å². The van der Waals surface area contributed by atoms with Gasteiger partial charge in [-0.15, -0.1) is 0 Å². The van der Waals surface area contributed by atoms with Crippen LogP contribution in [0.5, 0.6) is 0 Å². The summed E-state index contributed by atoms with van der Waals surface area (Å²) >= 11 is 0. The van der Waals surface area contributed by atoms with Gasteiger partial charge in [0.2, 0.25) is 5.71 Å². The molecule has 0 spiro atoms. The van der Waals surface area contributed by atoms with Crippen LogP contribution in [0.4, 0.5) is 0 Å². The first-order valence-corrected chi connectivity index (χ1v) is 9.92. The van der Waals surface area contributed by atoms with Crippen LogP contribution in [0.3, 0.4) is 0 Å². The number of hydrogen-bond donors (Lipinski definition) is 2. The molecule has 1 aromatic carbocycles. The summed E-state index contributed by atoms with van der Waals surface area (Å²) in [6.45, 7) is 0. The van der Waals surface area contributed by atoms with Gasteiger partial charge in [-0.2, -0.15) is 5.26 Å². The van der Waals surface area contributed by atoms with E-state index in [0.717, 1.165) is 44.2 Å². The molecular weight excluding hydrogens is 402 g/mol. The van der Waals surface area contributed by atoms with Gasteiger partial charge < -0.3 is 14.7 Å². The van der Waals surface area contributed by atoms with Crippen LogP contribution in [0.15, 0.2) is 77.3 Å². The van der Waals surface area contributed by atoms with E-state index in [-0.39, 0.29) is 5.57 Å². The Labute approximate surface area is 183 Å². The van der Waals surface area contributed by atoms with Crippen molar-refractivity contribution in [3.63, 3.8) is 0 Å². The summed E-state index contributed by atoms with van der Waals surface area (Å²) in [4.78, 5) is 23.9. The van der Waals surface area contributed by atoms with Crippen LogP contribution < -0.4 is 5.32 Å². The fourth-order valence-electron chi connectivity index (χ4n) is 3.75. The third-order valence-corrected chi connectivity index (χ3v) is 5.31. The zero-order chi connectivity index (χ0) is 22.1. The Morgan fingerprint density at radius 2 is 2.03 bits per heavy atom. The number of aromatic nitrogens is 3. The number of fused-ring (bicyclic) bond motifs is 2. The number of aromatic amines is 1. The van der Waals surface area contributed by atoms with Crippen molar-refractivity contribution in [2.45, 2.75) is 0 Å². The van der Waals surface area contributed by atoms with Crippen molar-refractivity contribution in [1.82, 2.24) is 20.3 Å². The first-order valence-electron chi connectivity index (χ1n) is 9.92. The molecule has 7 heteroatoms. The standard InChI is InChI=1S/C25H17N5O2/c1-27-24(31)17(12-26)10-15-3-2-4-16(9-15)18-11-21-22(14-30-23(21)29-13-18)19-5-7-28-25-20(19)6-8-32-25/h2-11,13-14H,1H3,(H,27,31)(H,29,30). The van der Waals surface area contributed by atoms with Crippen molar-refractivity contribution in [2.24, 2.45) is 0 Å². The third kappa shape index (κ3) is 3.30. The topological polar surface area (TPSA) is 108 Å². The average molecular weight is 419 g/mol. The molecule has 7 nitrogen and oxygen atoms in total. The number of carbonyl (C=O) groups is 1. The molecule has 0 saturated carbocycles. The molecule has 0 saturated heterocycles. The SMILES string of the molecule is CNC(=O)C(C#N)=Cc1cccc(-c2cnc3[nH]cc(-c4ccnc5occc45)c3c2)c1. The number of furan rings is 1. The molecule has 5 rings (SSSR count). The van der Waals surface area contributed by atoms with Gasteiger partial charge in [0.15, 0.2) is 0 Å². The summed E-state index contributed by atoms with van der Waals surface area (Å²) < 4.78 is 5.45. The summed E-state index contributed by atoms with van der Waals surface area (Å²) in [7, 11) is 1.50. The van der Waals surface area contributed by atoms with Crippen LogP contribution in [0.1, 0.15) is 5.56 Å². The van der Waals surface area contributed by atoms with Crippen LogP contribution in [0.2, 0.25) is 0 Å². The minimum absolute atomic E-state index is 0.0490. The first-order chi connectivity index (χ1) is 15.7. The van der Waals surface area contributed by atoms with E-state index in [1.165, 1.54) is 7.05 Å². The van der Waals surface area contributed by atoms with E-state index in [4.69, 9.17) is 4.42 Å². The Bertz CT molecular complexity index is 1550. The van der Waals surface area contributed by atoms with Crippen molar-refractivity contribution in [3.05, 3.63) is 78.5 Å². The number of carbonyl (C=O) groups excluding carboxylic acids is 1. The lowest BCUT2D eigenvalue weighted by atomic mass is 10.00. The molecule has 0 bridgehead atoms. The summed E-state index contributed by atoms with van der Waals surface area (Å²) in [5.41, 5.74) is 6.03. The van der Waals surface area contributed by atoms with E-state index < -0.39 is 5.91 Å². The van der Waals surface area contributed by atoms with Gasteiger partial charge in [-0.3, -0.25) is 4.79 Å². The van der Waals surface area contributed by atoms with Crippen LogP contribution in [0.25, 0.3) is 50.5 Å². The van der Waals surface area contributed by atoms with Crippen LogP contribution in [-0.4, -0.2) is 27.9 Å². The highest BCUT2D eigenvalue weighted by atomic mass is 16.3. The number of nitriles is 1. The van der Waals surface area contributed by atoms with Crippen molar-refractivity contribution in [2.75, 3.05) is 7.05 Å². The Morgan fingerprint density at radius 1 is 1.12 bits per heavy atom. The molecule has 0 atom stereocenters. The van der Waals surface area contributed by atoms with E-state index in [0.29, 0.717) is 5.71 Å². The van der Waals surface area contributed by atoms with E-state index in [2.05, 4.69) is 26.3 Å². The molecule has 0 radical (unpaired) electrons. The van der Waals surface area contributed by atoms with E-state index in [1.54, 1.807) is 24.7 Å². The molecule has 0 aliphatic heterocycles. The largest absolute Gasteiger partial charge is 0.446 e. The number of nitrogens with zero attached hydrogens (tertiary/aromatic N) is 3. The average Bonchev–Trinajstić information content (AvgIpc) is 3.48. The molecule has 1 amide bonds. The van der Waals surface area contributed by atoms with Crippen LogP contribution in [0, 0.1) is 11.3 Å². The fraction of sp³-hybridized carbons (Fsp3) is 0.0400. The monoisotopic (exact) mass is 419 g/mol. The van der Waals surface area contributed by atoms with Gasteiger partial charge in [0.05, 0.1) is 6.26 Å². The Hall–Kier alpha value is -4.70. The second-order valence-electron chi connectivity index (χ2n) is 7.19. The normalized spacial score (nSPS) is 11.6. The Morgan fingerprint density at radius 3 is 2.88 bits per heavy atom. The molecule has 154 valence electrons. The molecule has 0 fully saturated rings. The van der Waals surface area contributed by atoms with Gasteiger partial charge >= 0.3 is 0 Å². The van der Waals surface area contributed by atoms with E-state index in [9.17, 15) is 10.1 Å². The predicted molar refractivity (Wildman–Crippen MR) is 122 cm³/mol. The van der Waals surface area contributed by atoms with Gasteiger partial charge in [-0.25, -0.2) is 9.97 Å². The maximum Gasteiger partial charge on any atom is 0.261 e. The van der Waals surface area contributed by atoms with Gasteiger partial charge in [0, 0.05) is 47.5 Å². The first kappa shape index (κ1) is 19.3. The zero-order valence-electron chi connectivity index (χ0n) is 17.1. The van der Waals surface area contributed by atoms with Gasteiger partial charge in [-0.1, -0.05) is 18.2 Å². The number of nitrogens with one attached hydrogen (secondary N) is 2. The molecule has 2 N–H and O–H groups in total. The number of rotatable bonds is 4. The quantitative estimate of drug-likeness (QED) is 0.325. The third-order valence-electron chi connectivity index (χ3n) is 5.31. The fourth-order valence-corrected chi connectivity index (χ4v) is 3.75. The molecule has 0 aliphatic carbocycles. The lowest BCUT2D eigenvalue weighted by Crippen LogP contribution is -2.19. The molecule has 5 aromatic rings. The Kier molecular flexibility index (Phi) is 4.73. The smallest absolute Gasteiger partial charge is 0.261 e. The number of amides is 1. The number of pyridine rings is 2. The van der Waals surface area contributed by atoms with Crippen LogP contribution in [-0.2, 0) is 4.79 Å². The number of hydrogen-bond acceptors (Lipinski definition) is 5. The number of likely N-dealkylation sites (N-methyl/N-ethyl adjacent to an activating group) is 1. The van der Waals surface area contributed by atoms with Crippen molar-refractivity contribution < 1.29 is 9.21 Å². The van der Waals surface area contributed by atoms with Crippen molar-refractivity contribution >= 4 is 34.1 Å². The highest BCUT2D eigenvalue weighted by Crippen LogP contribution is 2.35.